The molecule has 1 amide bonds. The first-order chi connectivity index (χ1) is 20.6. The van der Waals surface area contributed by atoms with Gasteiger partial charge in [-0.3, -0.25) is 15.0 Å². The van der Waals surface area contributed by atoms with Gasteiger partial charge in [-0.2, -0.15) is 0 Å². The molecule has 0 radical (unpaired) electrons. The summed E-state index contributed by atoms with van der Waals surface area (Å²) in [6.45, 7) is 1.93. The average Bonchev–Trinajstić information content (AvgIpc) is 3.00. The minimum atomic E-state index is -4.87. The van der Waals surface area contributed by atoms with Crippen LogP contribution in [0.1, 0.15) is 15.9 Å². The second kappa shape index (κ2) is 12.5. The van der Waals surface area contributed by atoms with Crippen molar-refractivity contribution in [2.45, 2.75) is 11.8 Å². The molecule has 0 saturated heterocycles. The summed E-state index contributed by atoms with van der Waals surface area (Å²) in [5.41, 5.74) is 6.55. The zero-order valence-corrected chi connectivity index (χ0v) is 24.5. The summed E-state index contributed by atoms with van der Waals surface area (Å²) >= 11 is 0. The highest BCUT2D eigenvalue weighted by atomic mass is 32.2. The molecule has 0 aliphatic carbocycles. The zero-order valence-electron chi connectivity index (χ0n) is 23.6. The molecule has 43 heavy (non-hydrogen) atoms. The van der Waals surface area contributed by atoms with E-state index in [1.165, 1.54) is 23.1 Å². The van der Waals surface area contributed by atoms with Crippen LogP contribution in [0.4, 0.5) is 39.8 Å². The second-order valence-electron chi connectivity index (χ2n) is 10.1. The van der Waals surface area contributed by atoms with Crippen molar-refractivity contribution in [3.8, 4) is 0 Å². The SMILES string of the molecule is Cc1ccc(N(C(=O)c2ccccc2S(=O)(=O)[O-])c2ccc(Nc3ccc([NH2+]c4ccc(N(C)N)cc4)cc3)cc2)cc1. The molecule has 0 unspecified atom stereocenters. The minimum absolute atomic E-state index is 0.195. The van der Waals surface area contributed by atoms with E-state index in [2.05, 4.69) is 10.6 Å². The predicted octanol–water partition coefficient (Wildman–Crippen LogP) is 5.46. The van der Waals surface area contributed by atoms with Crippen LogP contribution in [-0.2, 0) is 10.1 Å². The lowest BCUT2D eigenvalue weighted by molar-refractivity contribution is -0.478. The molecule has 0 heterocycles. The average molecular weight is 594 g/mol. The molecule has 5 aromatic rings. The van der Waals surface area contributed by atoms with Crippen LogP contribution in [-0.4, -0.2) is 25.9 Å². The monoisotopic (exact) mass is 593 g/mol. The van der Waals surface area contributed by atoms with Crippen LogP contribution in [0.3, 0.4) is 0 Å². The van der Waals surface area contributed by atoms with E-state index in [1.54, 1.807) is 36.3 Å². The molecule has 5 rings (SSSR count). The highest BCUT2D eigenvalue weighted by Gasteiger charge is 2.24. The quantitative estimate of drug-likeness (QED) is 0.0894. The number of rotatable bonds is 9. The Morgan fingerprint density at radius 2 is 1.19 bits per heavy atom. The van der Waals surface area contributed by atoms with Crippen molar-refractivity contribution in [2.75, 3.05) is 22.3 Å². The fraction of sp³-hybridized carbons (Fsp3) is 0.0606. The van der Waals surface area contributed by atoms with Crippen molar-refractivity contribution in [1.82, 2.24) is 0 Å². The maximum atomic E-state index is 13.8. The fourth-order valence-electron chi connectivity index (χ4n) is 4.58. The van der Waals surface area contributed by atoms with E-state index in [0.717, 1.165) is 40.1 Å². The fourth-order valence-corrected chi connectivity index (χ4v) is 5.25. The number of nitrogens with zero attached hydrogens (tertiary/aromatic N) is 2. The number of quaternary nitrogens is 1. The Hall–Kier alpha value is -5.00. The zero-order chi connectivity index (χ0) is 30.6. The molecule has 9 nitrogen and oxygen atoms in total. The maximum absolute atomic E-state index is 13.8. The third-order valence-electron chi connectivity index (χ3n) is 6.84. The minimum Gasteiger partial charge on any atom is -0.744 e. The van der Waals surface area contributed by atoms with E-state index in [9.17, 15) is 17.8 Å². The molecular formula is C33H31N5O4S. The Morgan fingerprint density at radius 1 is 0.721 bits per heavy atom. The van der Waals surface area contributed by atoms with E-state index in [-0.39, 0.29) is 5.56 Å². The third kappa shape index (κ3) is 7.08. The van der Waals surface area contributed by atoms with Gasteiger partial charge in [-0.05, 0) is 79.7 Å². The van der Waals surface area contributed by atoms with Crippen molar-refractivity contribution in [3.05, 3.63) is 132 Å². The normalized spacial score (nSPS) is 11.2. The first-order valence-electron chi connectivity index (χ1n) is 13.4. The maximum Gasteiger partial charge on any atom is 0.264 e. The van der Waals surface area contributed by atoms with Gasteiger partial charge in [-0.15, -0.1) is 0 Å². The first kappa shape index (κ1) is 29.5. The van der Waals surface area contributed by atoms with Crippen LogP contribution >= 0.6 is 0 Å². The number of amides is 1. The molecule has 10 heteroatoms. The van der Waals surface area contributed by atoms with Crippen LogP contribution < -0.4 is 26.4 Å². The lowest BCUT2D eigenvalue weighted by Crippen LogP contribution is -2.70. The molecule has 0 atom stereocenters. The van der Waals surface area contributed by atoms with Gasteiger partial charge < -0.3 is 14.9 Å². The molecule has 5 aromatic carbocycles. The van der Waals surface area contributed by atoms with Gasteiger partial charge in [0.2, 0.25) is 0 Å². The van der Waals surface area contributed by atoms with Crippen LogP contribution in [0.15, 0.2) is 126 Å². The van der Waals surface area contributed by atoms with Crippen LogP contribution in [0.25, 0.3) is 0 Å². The van der Waals surface area contributed by atoms with Gasteiger partial charge in [0.25, 0.3) is 5.91 Å². The van der Waals surface area contributed by atoms with E-state index < -0.39 is 20.9 Å². The van der Waals surface area contributed by atoms with Crippen LogP contribution in [0.5, 0.6) is 0 Å². The molecule has 0 bridgehead atoms. The number of hydrogen-bond donors (Lipinski definition) is 3. The van der Waals surface area contributed by atoms with Gasteiger partial charge in [0, 0.05) is 54.1 Å². The van der Waals surface area contributed by atoms with Crippen molar-refractivity contribution in [1.29, 1.82) is 0 Å². The second-order valence-corrected chi connectivity index (χ2v) is 11.4. The van der Waals surface area contributed by atoms with Crippen molar-refractivity contribution < 1.29 is 23.1 Å². The topological polar surface area (TPSA) is 135 Å². The summed E-state index contributed by atoms with van der Waals surface area (Å²) in [5.74, 6) is 5.15. The molecule has 0 aliphatic rings. The van der Waals surface area contributed by atoms with Crippen molar-refractivity contribution >= 4 is 55.8 Å². The molecule has 0 spiro atoms. The number of aryl methyl sites for hydroxylation is 1. The Bertz CT molecular complexity index is 1820. The molecular weight excluding hydrogens is 562 g/mol. The summed E-state index contributed by atoms with van der Waals surface area (Å²) < 4.78 is 35.8. The van der Waals surface area contributed by atoms with Crippen LogP contribution in [0, 0.1) is 6.92 Å². The summed E-state index contributed by atoms with van der Waals surface area (Å²) in [5, 5.41) is 7.00. The summed E-state index contributed by atoms with van der Waals surface area (Å²) in [6.07, 6.45) is 0. The first-order valence-corrected chi connectivity index (χ1v) is 14.9. The van der Waals surface area contributed by atoms with Gasteiger partial charge in [0.05, 0.1) is 16.1 Å². The van der Waals surface area contributed by atoms with E-state index in [1.807, 2.05) is 79.7 Å². The number of hydrazine groups is 1. The number of anilines is 5. The molecule has 0 aromatic heterocycles. The number of carbonyl (C=O) groups excluding carboxylic acids is 1. The molecule has 5 N–H and O–H groups in total. The Balaban J connectivity index is 1.36. The standard InChI is InChI=1S/C33H31N5O4S/c1-23-7-17-29(18-8-23)38(33(39)31-5-3-4-6-32(31)43(40,41)42)30-21-15-27(16-22-30)36-25-11-9-24(10-12-25)35-26-13-19-28(20-14-26)37(2)34/h3-22,35-36H,34H2,1-2H3,(H,40,41,42). The van der Waals surface area contributed by atoms with Gasteiger partial charge in [0.15, 0.2) is 0 Å². The smallest absolute Gasteiger partial charge is 0.264 e. The van der Waals surface area contributed by atoms with Crippen molar-refractivity contribution in [2.24, 2.45) is 5.84 Å². The molecule has 218 valence electrons. The lowest BCUT2D eigenvalue weighted by Gasteiger charge is -2.25. The summed E-state index contributed by atoms with van der Waals surface area (Å²) in [7, 11) is -3.07. The number of carbonyl (C=O) groups is 1. The predicted molar refractivity (Wildman–Crippen MR) is 168 cm³/mol. The Morgan fingerprint density at radius 3 is 1.72 bits per heavy atom. The summed E-state index contributed by atoms with van der Waals surface area (Å²) in [6, 6.07) is 35.8. The van der Waals surface area contributed by atoms with Gasteiger partial charge >= 0.3 is 0 Å². The Labute approximate surface area is 250 Å². The number of benzene rings is 5. The number of nitrogens with two attached hydrogens (primary N) is 2. The third-order valence-corrected chi connectivity index (χ3v) is 7.74. The highest BCUT2D eigenvalue weighted by Crippen LogP contribution is 2.31. The van der Waals surface area contributed by atoms with Crippen LogP contribution in [0.2, 0.25) is 0 Å². The van der Waals surface area contributed by atoms with Crippen molar-refractivity contribution in [3.63, 3.8) is 0 Å². The lowest BCUT2D eigenvalue weighted by atomic mass is 10.1. The number of nitrogens with one attached hydrogen (secondary N) is 1. The number of hydrogen-bond acceptors (Lipinski definition) is 7. The Kier molecular flexibility index (Phi) is 8.56. The largest absolute Gasteiger partial charge is 0.744 e. The molecule has 0 saturated carbocycles. The van der Waals surface area contributed by atoms with E-state index >= 15 is 0 Å². The van der Waals surface area contributed by atoms with Gasteiger partial charge in [-0.25, -0.2) is 14.3 Å². The molecule has 0 fully saturated rings. The molecule has 0 aliphatic heterocycles. The van der Waals surface area contributed by atoms with E-state index in [0.29, 0.717) is 11.4 Å². The van der Waals surface area contributed by atoms with E-state index in [4.69, 9.17) is 5.84 Å². The highest BCUT2D eigenvalue weighted by molar-refractivity contribution is 7.85. The summed E-state index contributed by atoms with van der Waals surface area (Å²) in [4.78, 5) is 14.6. The van der Waals surface area contributed by atoms with Gasteiger partial charge in [-0.1, -0.05) is 29.8 Å². The van der Waals surface area contributed by atoms with Gasteiger partial charge in [0.1, 0.15) is 21.5 Å².